The number of hydrogen-bond acceptors (Lipinski definition) is 2. The lowest BCUT2D eigenvalue weighted by atomic mass is 10.2. The Morgan fingerprint density at radius 2 is 1.88 bits per heavy atom. The highest BCUT2D eigenvalue weighted by molar-refractivity contribution is 7.96. The fraction of sp³-hybridized carbons (Fsp3) is 0.333. The Morgan fingerprint density at radius 1 is 1.25 bits per heavy atom. The zero-order chi connectivity index (χ0) is 12.0. The van der Waals surface area contributed by atoms with Crippen LogP contribution in [0.15, 0.2) is 29.2 Å². The molecule has 0 unspecified atom stereocenters. The van der Waals surface area contributed by atoms with E-state index < -0.39 is 9.84 Å². The van der Waals surface area contributed by atoms with Crippen molar-refractivity contribution in [2.75, 3.05) is 5.88 Å². The molecule has 1 rings (SSSR count). The van der Waals surface area contributed by atoms with Crippen molar-refractivity contribution < 1.29 is 8.42 Å². The molecular weight excluding hydrogens is 244 g/mol. The van der Waals surface area contributed by atoms with Crippen LogP contribution in [0.4, 0.5) is 0 Å². The minimum absolute atomic E-state index is 0.247. The van der Waals surface area contributed by atoms with Gasteiger partial charge in [-0.1, -0.05) is 23.6 Å². The van der Waals surface area contributed by atoms with E-state index in [1.54, 1.807) is 24.3 Å². The molecule has 2 nitrogen and oxygen atoms in total. The number of halogens is 1. The zero-order valence-electron chi connectivity index (χ0n) is 9.03. The van der Waals surface area contributed by atoms with Gasteiger partial charge in [-0.3, -0.25) is 0 Å². The molecule has 1 aromatic rings. The van der Waals surface area contributed by atoms with Crippen LogP contribution >= 0.6 is 11.6 Å². The van der Waals surface area contributed by atoms with Gasteiger partial charge in [0, 0.05) is 17.6 Å². The third kappa shape index (κ3) is 3.88. The molecule has 0 saturated heterocycles. The molecule has 4 heteroatoms. The van der Waals surface area contributed by atoms with Gasteiger partial charge >= 0.3 is 0 Å². The van der Waals surface area contributed by atoms with Crippen LogP contribution in [0, 0.1) is 18.1 Å². The third-order valence-electron chi connectivity index (χ3n) is 1.97. The summed E-state index contributed by atoms with van der Waals surface area (Å²) >= 11 is 5.47. The zero-order valence-corrected chi connectivity index (χ0v) is 10.6. The first-order valence-corrected chi connectivity index (χ1v) is 6.95. The van der Waals surface area contributed by atoms with Gasteiger partial charge in [0.05, 0.1) is 4.90 Å². The number of alkyl halides is 1. The summed E-state index contributed by atoms with van der Waals surface area (Å²) < 4.78 is 23.4. The molecule has 0 spiro atoms. The van der Waals surface area contributed by atoms with Gasteiger partial charge in [0.25, 0.3) is 0 Å². The van der Waals surface area contributed by atoms with E-state index in [1.165, 1.54) is 0 Å². The summed E-state index contributed by atoms with van der Waals surface area (Å²) in [6.45, 7) is 1.91. The van der Waals surface area contributed by atoms with E-state index >= 15 is 0 Å². The van der Waals surface area contributed by atoms with Gasteiger partial charge in [-0.15, -0.1) is 11.6 Å². The number of unbranched alkanes of at least 4 members (excludes halogenated alkanes) is 1. The monoisotopic (exact) mass is 256 g/mol. The topological polar surface area (TPSA) is 34.1 Å². The molecule has 0 aliphatic carbocycles. The summed E-state index contributed by atoms with van der Waals surface area (Å²) in [6, 6.07) is 6.66. The maximum absolute atomic E-state index is 11.7. The molecular formula is C12H13ClO2S. The van der Waals surface area contributed by atoms with E-state index in [4.69, 9.17) is 11.6 Å². The molecule has 1 aromatic carbocycles. The number of benzene rings is 1. The largest absolute Gasteiger partial charge is 0.245 e. The summed E-state index contributed by atoms with van der Waals surface area (Å²) in [5.41, 5.74) is 1.02. The maximum Gasteiger partial charge on any atom is 0.245 e. The smallest absolute Gasteiger partial charge is 0.210 e. The van der Waals surface area contributed by atoms with E-state index in [2.05, 4.69) is 11.2 Å². The minimum Gasteiger partial charge on any atom is -0.210 e. The average molecular weight is 257 g/mol. The first kappa shape index (κ1) is 13.1. The summed E-state index contributed by atoms with van der Waals surface area (Å²) in [7, 11) is -3.46. The molecule has 86 valence electrons. The van der Waals surface area contributed by atoms with Crippen molar-refractivity contribution in [3.8, 4) is 11.2 Å². The van der Waals surface area contributed by atoms with Crippen LogP contribution in [-0.2, 0) is 9.84 Å². The van der Waals surface area contributed by atoms with Crippen molar-refractivity contribution in [1.82, 2.24) is 0 Å². The first-order valence-electron chi connectivity index (χ1n) is 4.93. The van der Waals surface area contributed by atoms with Crippen molar-refractivity contribution >= 4 is 21.4 Å². The highest BCUT2D eigenvalue weighted by atomic mass is 35.5. The minimum atomic E-state index is -3.46. The molecule has 0 fully saturated rings. The van der Waals surface area contributed by atoms with Crippen LogP contribution in [0.2, 0.25) is 0 Å². The second kappa shape index (κ2) is 5.93. The number of aryl methyl sites for hydroxylation is 1. The predicted molar refractivity (Wildman–Crippen MR) is 66.1 cm³/mol. The summed E-state index contributed by atoms with van der Waals surface area (Å²) in [6.07, 6.45) is 1.21. The van der Waals surface area contributed by atoms with Crippen molar-refractivity contribution in [2.45, 2.75) is 24.7 Å². The Labute approximate surface area is 102 Å². The lowest BCUT2D eigenvalue weighted by Gasteiger charge is -1.96. The second-order valence-corrected chi connectivity index (χ2v) is 5.45. The van der Waals surface area contributed by atoms with Crippen molar-refractivity contribution in [3.63, 3.8) is 0 Å². The van der Waals surface area contributed by atoms with Gasteiger partial charge in [-0.25, -0.2) is 8.42 Å². The predicted octanol–water partition coefficient (Wildman–Crippen LogP) is 2.75. The fourth-order valence-corrected chi connectivity index (χ4v) is 2.12. The standard InChI is InChI=1S/C12H13ClO2S/c1-11-5-7-12(8-6-11)16(14,15)10-4-2-3-9-13/h5-8H,2-3,9H2,1H3. The Balaban J connectivity index is 2.84. The van der Waals surface area contributed by atoms with Crippen molar-refractivity contribution in [2.24, 2.45) is 0 Å². The van der Waals surface area contributed by atoms with Crippen LogP contribution in [0.25, 0.3) is 0 Å². The molecule has 0 aromatic heterocycles. The van der Waals surface area contributed by atoms with Crippen molar-refractivity contribution in [3.05, 3.63) is 29.8 Å². The average Bonchev–Trinajstić information content (AvgIpc) is 2.25. The normalized spacial score (nSPS) is 10.6. The molecule has 0 heterocycles. The molecule has 0 bridgehead atoms. The Hall–Kier alpha value is -0.980. The van der Waals surface area contributed by atoms with Gasteiger partial charge in [0.2, 0.25) is 9.84 Å². The molecule has 0 radical (unpaired) electrons. The van der Waals surface area contributed by atoms with E-state index in [-0.39, 0.29) is 4.90 Å². The first-order chi connectivity index (χ1) is 7.56. The van der Waals surface area contributed by atoms with Gasteiger partial charge < -0.3 is 0 Å². The Kier molecular flexibility index (Phi) is 4.85. The molecule has 16 heavy (non-hydrogen) atoms. The number of rotatable bonds is 3. The van der Waals surface area contributed by atoms with E-state index in [1.807, 2.05) is 6.92 Å². The van der Waals surface area contributed by atoms with Gasteiger partial charge in [-0.2, -0.15) is 0 Å². The van der Waals surface area contributed by atoms with Gasteiger partial charge in [0.1, 0.15) is 0 Å². The summed E-state index contributed by atoms with van der Waals surface area (Å²) in [5.74, 6) is 3.12. The SMILES string of the molecule is Cc1ccc(S(=O)(=O)C#CCCCCl)cc1. The quantitative estimate of drug-likeness (QED) is 0.361. The number of sulfone groups is 1. The highest BCUT2D eigenvalue weighted by Gasteiger charge is 2.09. The van der Waals surface area contributed by atoms with Crippen LogP contribution in [0.1, 0.15) is 18.4 Å². The van der Waals surface area contributed by atoms with Gasteiger partial charge in [0.15, 0.2) is 0 Å². The Bertz CT molecular complexity index is 492. The molecule has 0 N–H and O–H groups in total. The van der Waals surface area contributed by atoms with Crippen LogP contribution in [0.5, 0.6) is 0 Å². The molecule has 0 aliphatic heterocycles. The second-order valence-electron chi connectivity index (χ2n) is 3.39. The van der Waals surface area contributed by atoms with E-state index in [0.29, 0.717) is 18.7 Å². The highest BCUT2D eigenvalue weighted by Crippen LogP contribution is 2.11. The molecule has 0 aliphatic rings. The summed E-state index contributed by atoms with van der Waals surface area (Å²) in [4.78, 5) is 0.247. The fourth-order valence-electron chi connectivity index (χ4n) is 1.08. The number of hydrogen-bond donors (Lipinski definition) is 0. The lowest BCUT2D eigenvalue weighted by molar-refractivity contribution is 0.606. The van der Waals surface area contributed by atoms with Crippen molar-refractivity contribution in [1.29, 1.82) is 0 Å². The maximum atomic E-state index is 11.7. The van der Waals surface area contributed by atoms with Crippen LogP contribution in [-0.4, -0.2) is 14.3 Å². The van der Waals surface area contributed by atoms with Crippen LogP contribution < -0.4 is 0 Å². The van der Waals surface area contributed by atoms with Crippen LogP contribution in [0.3, 0.4) is 0 Å². The van der Waals surface area contributed by atoms with Gasteiger partial charge in [-0.05, 0) is 25.5 Å². The summed E-state index contributed by atoms with van der Waals surface area (Å²) in [5, 5.41) is 2.29. The molecule has 0 saturated carbocycles. The lowest BCUT2D eigenvalue weighted by Crippen LogP contribution is -1.96. The third-order valence-corrected chi connectivity index (χ3v) is 3.55. The van der Waals surface area contributed by atoms with E-state index in [0.717, 1.165) is 5.56 Å². The molecule has 0 amide bonds. The van der Waals surface area contributed by atoms with E-state index in [9.17, 15) is 8.42 Å². The molecule has 0 atom stereocenters. The Morgan fingerprint density at radius 3 is 2.44 bits per heavy atom.